The van der Waals surface area contributed by atoms with Crippen molar-refractivity contribution in [2.75, 3.05) is 11.8 Å². The van der Waals surface area contributed by atoms with E-state index in [4.69, 9.17) is 0 Å². The summed E-state index contributed by atoms with van der Waals surface area (Å²) in [6, 6.07) is 14.5. The Morgan fingerprint density at radius 1 is 0.952 bits per heavy atom. The second-order valence-corrected chi connectivity index (χ2v) is 6.41. The fraction of sp³-hybridized carbons (Fsp3) is 0.250. The second-order valence-electron chi connectivity index (χ2n) is 4.75. The van der Waals surface area contributed by atoms with Gasteiger partial charge in [0, 0.05) is 6.54 Å². The van der Waals surface area contributed by atoms with Gasteiger partial charge in [-0.3, -0.25) is 4.72 Å². The fourth-order valence-electron chi connectivity index (χ4n) is 2.23. The van der Waals surface area contributed by atoms with Gasteiger partial charge in [-0.2, -0.15) is 0 Å². The summed E-state index contributed by atoms with van der Waals surface area (Å²) >= 11 is 0. The summed E-state index contributed by atoms with van der Waals surface area (Å²) in [7, 11) is -1.79. The number of rotatable bonds is 6. The van der Waals surface area contributed by atoms with Gasteiger partial charge < -0.3 is 5.32 Å². The molecule has 2 aromatic rings. The first-order valence-corrected chi connectivity index (χ1v) is 8.40. The molecule has 0 saturated heterocycles. The summed E-state index contributed by atoms with van der Waals surface area (Å²) in [6.07, 6.45) is 0.775. The van der Waals surface area contributed by atoms with E-state index in [1.54, 1.807) is 25.2 Å². The summed E-state index contributed by atoms with van der Waals surface area (Å²) < 4.78 is 28.0. The molecule has 112 valence electrons. The highest BCUT2D eigenvalue weighted by Crippen LogP contribution is 2.22. The molecule has 0 aromatic heterocycles. The molecule has 2 rings (SSSR count). The van der Waals surface area contributed by atoms with Crippen LogP contribution in [0.2, 0.25) is 0 Å². The van der Waals surface area contributed by atoms with Crippen molar-refractivity contribution in [2.24, 2.45) is 0 Å². The monoisotopic (exact) mass is 304 g/mol. The molecule has 0 aliphatic carbocycles. The maximum atomic E-state index is 12.6. The van der Waals surface area contributed by atoms with Crippen molar-refractivity contribution in [2.45, 2.75) is 24.8 Å². The van der Waals surface area contributed by atoms with Crippen LogP contribution in [0.3, 0.4) is 0 Å². The minimum absolute atomic E-state index is 0.310. The van der Waals surface area contributed by atoms with Crippen LogP contribution in [-0.2, 0) is 23.0 Å². The van der Waals surface area contributed by atoms with Gasteiger partial charge in [0.15, 0.2) is 0 Å². The average molecular weight is 304 g/mol. The quantitative estimate of drug-likeness (QED) is 0.863. The Morgan fingerprint density at radius 2 is 1.57 bits per heavy atom. The molecular weight excluding hydrogens is 284 g/mol. The van der Waals surface area contributed by atoms with Gasteiger partial charge in [-0.15, -0.1) is 0 Å². The number of para-hydroxylation sites is 1. The van der Waals surface area contributed by atoms with Gasteiger partial charge in [0.1, 0.15) is 0 Å². The maximum Gasteiger partial charge on any atom is 0.262 e. The Bertz CT molecular complexity index is 712. The van der Waals surface area contributed by atoms with Crippen molar-refractivity contribution in [3.63, 3.8) is 0 Å². The van der Waals surface area contributed by atoms with Gasteiger partial charge in [-0.05, 0) is 36.7 Å². The van der Waals surface area contributed by atoms with Gasteiger partial charge >= 0.3 is 0 Å². The molecular formula is C16H20N2O2S. The van der Waals surface area contributed by atoms with E-state index in [-0.39, 0.29) is 0 Å². The van der Waals surface area contributed by atoms with Crippen LogP contribution >= 0.6 is 0 Å². The summed E-state index contributed by atoms with van der Waals surface area (Å²) in [6.45, 7) is 2.51. The molecule has 0 aliphatic rings. The van der Waals surface area contributed by atoms with Crippen molar-refractivity contribution in [3.05, 3.63) is 59.7 Å². The molecule has 0 radical (unpaired) electrons. The standard InChI is InChI=1S/C16H20N2O2S/c1-3-13-8-4-6-10-15(13)18-21(19,20)16-11-7-5-9-14(16)12-17-2/h4-11,17-18H,3,12H2,1-2H3. The molecule has 0 atom stereocenters. The lowest BCUT2D eigenvalue weighted by Gasteiger charge is -2.14. The first kappa shape index (κ1) is 15.5. The van der Waals surface area contributed by atoms with Gasteiger partial charge in [-0.1, -0.05) is 43.3 Å². The van der Waals surface area contributed by atoms with E-state index in [1.165, 1.54) is 0 Å². The third-order valence-electron chi connectivity index (χ3n) is 3.27. The molecule has 2 aromatic carbocycles. The van der Waals surface area contributed by atoms with Crippen molar-refractivity contribution >= 4 is 15.7 Å². The fourth-order valence-corrected chi connectivity index (χ4v) is 3.57. The van der Waals surface area contributed by atoms with Crippen LogP contribution in [0.25, 0.3) is 0 Å². The van der Waals surface area contributed by atoms with Crippen molar-refractivity contribution in [1.82, 2.24) is 5.32 Å². The molecule has 0 unspecified atom stereocenters. The van der Waals surface area contributed by atoms with Crippen molar-refractivity contribution < 1.29 is 8.42 Å². The number of hydrogen-bond donors (Lipinski definition) is 2. The first-order valence-electron chi connectivity index (χ1n) is 6.91. The molecule has 0 amide bonds. The molecule has 0 spiro atoms. The highest BCUT2D eigenvalue weighted by atomic mass is 32.2. The largest absolute Gasteiger partial charge is 0.316 e. The van der Waals surface area contributed by atoms with Crippen LogP contribution in [0, 0.1) is 0 Å². The molecule has 0 heterocycles. The minimum atomic E-state index is -3.59. The predicted molar refractivity (Wildman–Crippen MR) is 85.8 cm³/mol. The number of nitrogens with one attached hydrogen (secondary N) is 2. The number of aryl methyl sites for hydroxylation is 1. The van der Waals surface area contributed by atoms with E-state index >= 15 is 0 Å². The molecule has 0 fully saturated rings. The van der Waals surface area contributed by atoms with Crippen molar-refractivity contribution in [3.8, 4) is 0 Å². The van der Waals surface area contributed by atoms with Crippen LogP contribution < -0.4 is 10.0 Å². The van der Waals surface area contributed by atoms with E-state index in [0.717, 1.165) is 17.5 Å². The lowest BCUT2D eigenvalue weighted by Crippen LogP contribution is -2.18. The molecule has 4 nitrogen and oxygen atoms in total. The Kier molecular flexibility index (Phi) is 4.98. The molecule has 0 bridgehead atoms. The second kappa shape index (κ2) is 6.74. The zero-order valence-corrected chi connectivity index (χ0v) is 13.1. The maximum absolute atomic E-state index is 12.6. The number of anilines is 1. The van der Waals surface area contributed by atoms with Gasteiger partial charge in [-0.25, -0.2) is 8.42 Å². The van der Waals surface area contributed by atoms with E-state index in [1.807, 2.05) is 37.3 Å². The molecule has 2 N–H and O–H groups in total. The number of hydrogen-bond acceptors (Lipinski definition) is 3. The van der Waals surface area contributed by atoms with Gasteiger partial charge in [0.2, 0.25) is 0 Å². The van der Waals surface area contributed by atoms with Crippen LogP contribution in [0.4, 0.5) is 5.69 Å². The third kappa shape index (κ3) is 3.62. The zero-order chi connectivity index (χ0) is 15.3. The Hall–Kier alpha value is -1.85. The topological polar surface area (TPSA) is 58.2 Å². The summed E-state index contributed by atoms with van der Waals surface area (Å²) in [5.74, 6) is 0. The van der Waals surface area contributed by atoms with Crippen LogP contribution in [0.15, 0.2) is 53.4 Å². The molecule has 5 heteroatoms. The van der Waals surface area contributed by atoms with E-state index in [0.29, 0.717) is 17.1 Å². The molecule has 0 saturated carbocycles. The van der Waals surface area contributed by atoms with E-state index < -0.39 is 10.0 Å². The number of sulfonamides is 1. The van der Waals surface area contributed by atoms with E-state index in [9.17, 15) is 8.42 Å². The number of benzene rings is 2. The lowest BCUT2D eigenvalue weighted by molar-refractivity contribution is 0.599. The SMILES string of the molecule is CCc1ccccc1NS(=O)(=O)c1ccccc1CNC. The van der Waals surface area contributed by atoms with Crippen molar-refractivity contribution in [1.29, 1.82) is 0 Å². The lowest BCUT2D eigenvalue weighted by atomic mass is 10.1. The van der Waals surface area contributed by atoms with Gasteiger partial charge in [0.25, 0.3) is 10.0 Å². The highest BCUT2D eigenvalue weighted by Gasteiger charge is 2.18. The van der Waals surface area contributed by atoms with E-state index in [2.05, 4.69) is 10.0 Å². The first-order chi connectivity index (χ1) is 10.1. The predicted octanol–water partition coefficient (Wildman–Crippen LogP) is 2.77. The Labute approximate surface area is 126 Å². The third-order valence-corrected chi connectivity index (χ3v) is 4.74. The Balaban J connectivity index is 2.39. The summed E-state index contributed by atoms with van der Waals surface area (Å²) in [4.78, 5) is 0.310. The van der Waals surface area contributed by atoms with Crippen LogP contribution in [-0.4, -0.2) is 15.5 Å². The minimum Gasteiger partial charge on any atom is -0.316 e. The van der Waals surface area contributed by atoms with Crippen LogP contribution in [0.5, 0.6) is 0 Å². The molecule has 21 heavy (non-hydrogen) atoms. The molecule has 0 aliphatic heterocycles. The van der Waals surface area contributed by atoms with Gasteiger partial charge in [0.05, 0.1) is 10.6 Å². The smallest absolute Gasteiger partial charge is 0.262 e. The van der Waals surface area contributed by atoms with Crippen LogP contribution in [0.1, 0.15) is 18.1 Å². The summed E-state index contributed by atoms with van der Waals surface area (Å²) in [5, 5.41) is 2.99. The Morgan fingerprint density at radius 3 is 2.24 bits per heavy atom. The highest BCUT2D eigenvalue weighted by molar-refractivity contribution is 7.92. The summed E-state index contributed by atoms with van der Waals surface area (Å²) in [5.41, 5.74) is 2.37. The average Bonchev–Trinajstić information content (AvgIpc) is 2.48. The normalized spacial score (nSPS) is 11.3. The zero-order valence-electron chi connectivity index (χ0n) is 12.3.